The zero-order valence-corrected chi connectivity index (χ0v) is 56.5. The van der Waals surface area contributed by atoms with Crippen LogP contribution in [0.2, 0.25) is 0 Å². The summed E-state index contributed by atoms with van der Waals surface area (Å²) < 4.78 is 74.0. The summed E-state index contributed by atoms with van der Waals surface area (Å²) in [5.41, 5.74) is 0. The molecule has 12 heteroatoms. The quantitative estimate of drug-likeness (QED) is 0.0210. The van der Waals surface area contributed by atoms with Crippen LogP contribution >= 0.6 is 0 Å². The van der Waals surface area contributed by atoms with Crippen molar-refractivity contribution in [2.45, 2.75) is 233 Å². The van der Waals surface area contributed by atoms with Crippen molar-refractivity contribution in [3.8, 4) is 34.5 Å². The SMILES string of the molecule is CCCCCCCCCCOc1cc2c3cc(OCCCCCCCCCC)c(OCCCCCCCCCC)cc3c3cc4cc(OCCOCCOCCOC)c(OCCOCCOCCOC)cc4cc3c2cc1OCCCCCCCCCC. The Morgan fingerprint density at radius 2 is 0.386 bits per heavy atom. The molecule has 0 saturated carbocycles. The zero-order valence-electron chi connectivity index (χ0n) is 56.5. The third-order valence-corrected chi connectivity index (χ3v) is 16.7. The Morgan fingerprint density at radius 1 is 0.193 bits per heavy atom. The Kier molecular flexibility index (Phi) is 41.8. The predicted octanol–water partition coefficient (Wildman–Crippen LogP) is 20.5. The minimum absolute atomic E-state index is 0.336. The van der Waals surface area contributed by atoms with Crippen LogP contribution in [0.3, 0.4) is 0 Å². The van der Waals surface area contributed by atoms with Crippen molar-refractivity contribution >= 4 is 43.1 Å². The summed E-state index contributed by atoms with van der Waals surface area (Å²) in [6.45, 7) is 17.2. The van der Waals surface area contributed by atoms with E-state index in [0.717, 1.165) is 117 Å². The minimum atomic E-state index is 0.336. The molecule has 0 atom stereocenters. The second-order valence-corrected chi connectivity index (χ2v) is 24.2. The van der Waals surface area contributed by atoms with Gasteiger partial charge in [-0.15, -0.1) is 0 Å². The second kappa shape index (κ2) is 49.4. The van der Waals surface area contributed by atoms with E-state index in [0.29, 0.717) is 117 Å². The first-order chi connectivity index (χ1) is 43.6. The van der Waals surface area contributed by atoms with Crippen LogP contribution in [0.1, 0.15) is 233 Å². The summed E-state index contributed by atoms with van der Waals surface area (Å²) >= 11 is 0. The molecule has 0 amide bonds. The fourth-order valence-corrected chi connectivity index (χ4v) is 11.5. The predicted molar refractivity (Wildman–Crippen MR) is 367 cm³/mol. The van der Waals surface area contributed by atoms with E-state index in [4.69, 9.17) is 56.8 Å². The van der Waals surface area contributed by atoms with Gasteiger partial charge in [-0.25, -0.2) is 0 Å². The molecule has 0 unspecified atom stereocenters. The van der Waals surface area contributed by atoms with Crippen molar-refractivity contribution in [3.63, 3.8) is 0 Å². The minimum Gasteiger partial charge on any atom is -0.490 e. The van der Waals surface area contributed by atoms with Gasteiger partial charge in [0.15, 0.2) is 34.5 Å². The van der Waals surface area contributed by atoms with Gasteiger partial charge in [0.25, 0.3) is 0 Å². The Bertz CT molecular complexity index is 2360. The van der Waals surface area contributed by atoms with E-state index in [9.17, 15) is 0 Å². The standard InChI is InChI=1S/C76H122O12/c1-7-11-15-19-23-27-31-35-39-83-73-59-67-65-55-63-57-71(87-53-51-81-49-47-79-45-43-77-5)72(88-54-52-82-50-48-80-46-44-78-6)58-64(63)56-66(65)68-60-74(84-40-36-32-28-24-20-16-12-8-2)76(86-42-38-34-30-26-22-18-14-10-4)62-70(68)69(67)61-75(73)85-41-37-33-29-25-21-17-13-9-3/h55-62H,7-54H2,1-6H3. The summed E-state index contributed by atoms with van der Waals surface area (Å²) in [4.78, 5) is 0. The number of benzene rings is 5. The molecular formula is C76H122O12. The molecule has 0 radical (unpaired) electrons. The van der Waals surface area contributed by atoms with Gasteiger partial charge in [-0.3, -0.25) is 0 Å². The van der Waals surface area contributed by atoms with Crippen LogP contribution in [-0.2, 0) is 28.4 Å². The molecule has 5 aromatic rings. The summed E-state index contributed by atoms with van der Waals surface area (Å²) in [5, 5.41) is 8.68. The van der Waals surface area contributed by atoms with Crippen LogP contribution in [0.15, 0.2) is 48.5 Å². The molecule has 0 N–H and O–H groups in total. The molecule has 88 heavy (non-hydrogen) atoms. The van der Waals surface area contributed by atoms with Gasteiger partial charge in [0, 0.05) is 14.2 Å². The van der Waals surface area contributed by atoms with Crippen molar-refractivity contribution in [2.75, 3.05) is 120 Å². The topological polar surface area (TPSA) is 111 Å². The van der Waals surface area contributed by atoms with Gasteiger partial charge in [0.2, 0.25) is 0 Å². The molecule has 5 aromatic carbocycles. The number of hydrogen-bond donors (Lipinski definition) is 0. The fraction of sp³-hybridized carbons (Fsp3) is 0.711. The lowest BCUT2D eigenvalue weighted by molar-refractivity contribution is 0.0160. The fourth-order valence-electron chi connectivity index (χ4n) is 11.5. The molecule has 0 aliphatic heterocycles. The maximum absolute atomic E-state index is 6.89. The van der Waals surface area contributed by atoms with Crippen LogP contribution < -0.4 is 28.4 Å². The first kappa shape index (κ1) is 74.4. The first-order valence-corrected chi connectivity index (χ1v) is 35.6. The Balaban J connectivity index is 1.60. The van der Waals surface area contributed by atoms with Gasteiger partial charge >= 0.3 is 0 Å². The molecule has 0 spiro atoms. The highest BCUT2D eigenvalue weighted by atomic mass is 16.6. The van der Waals surface area contributed by atoms with E-state index in [-0.39, 0.29) is 0 Å². The zero-order chi connectivity index (χ0) is 62.2. The molecule has 0 saturated heterocycles. The number of rotatable bonds is 60. The smallest absolute Gasteiger partial charge is 0.161 e. The summed E-state index contributed by atoms with van der Waals surface area (Å²) in [6, 6.07) is 17.9. The number of methoxy groups -OCH3 is 2. The maximum atomic E-state index is 6.89. The van der Waals surface area contributed by atoms with E-state index in [1.54, 1.807) is 14.2 Å². The van der Waals surface area contributed by atoms with Crippen molar-refractivity contribution in [2.24, 2.45) is 0 Å². The van der Waals surface area contributed by atoms with Gasteiger partial charge in [-0.1, -0.05) is 207 Å². The molecule has 5 rings (SSSR count). The van der Waals surface area contributed by atoms with Crippen LogP contribution in [0.4, 0.5) is 0 Å². The number of unbranched alkanes of at least 4 members (excludes halogenated alkanes) is 28. The Morgan fingerprint density at radius 3 is 0.636 bits per heavy atom. The third kappa shape index (κ3) is 29.8. The lowest BCUT2D eigenvalue weighted by Crippen LogP contribution is -2.14. The lowest BCUT2D eigenvalue weighted by atomic mass is 9.91. The summed E-state index contributed by atoms with van der Waals surface area (Å²) in [7, 11) is 3.34. The number of fused-ring (bicyclic) bond motifs is 7. The van der Waals surface area contributed by atoms with Crippen molar-refractivity contribution in [1.82, 2.24) is 0 Å². The van der Waals surface area contributed by atoms with Crippen LogP contribution in [-0.4, -0.2) is 120 Å². The largest absolute Gasteiger partial charge is 0.490 e. The molecule has 0 aliphatic rings. The highest BCUT2D eigenvalue weighted by Crippen LogP contribution is 2.47. The van der Waals surface area contributed by atoms with Crippen molar-refractivity contribution < 1.29 is 56.8 Å². The summed E-state index contributed by atoms with van der Waals surface area (Å²) in [6.07, 6.45) is 39.7. The maximum Gasteiger partial charge on any atom is 0.161 e. The van der Waals surface area contributed by atoms with Crippen LogP contribution in [0, 0.1) is 0 Å². The van der Waals surface area contributed by atoms with Gasteiger partial charge < -0.3 is 56.8 Å². The number of hydrogen-bond acceptors (Lipinski definition) is 12. The normalized spacial score (nSPS) is 11.7. The molecule has 498 valence electrons. The van der Waals surface area contributed by atoms with E-state index in [1.165, 1.54) is 154 Å². The second-order valence-electron chi connectivity index (χ2n) is 24.2. The molecule has 0 heterocycles. The van der Waals surface area contributed by atoms with Crippen LogP contribution in [0.5, 0.6) is 34.5 Å². The molecular weight excluding hydrogens is 1100 g/mol. The highest BCUT2D eigenvalue weighted by molar-refractivity contribution is 6.28. The number of ether oxygens (including phenoxy) is 12. The van der Waals surface area contributed by atoms with Gasteiger partial charge in [0.1, 0.15) is 13.2 Å². The van der Waals surface area contributed by atoms with Gasteiger partial charge in [0.05, 0.1) is 92.5 Å². The third-order valence-electron chi connectivity index (χ3n) is 16.7. The van der Waals surface area contributed by atoms with E-state index in [1.807, 2.05) is 0 Å². The average molecular weight is 1230 g/mol. The van der Waals surface area contributed by atoms with E-state index in [2.05, 4.69) is 76.2 Å². The molecule has 0 aromatic heterocycles. The van der Waals surface area contributed by atoms with Crippen molar-refractivity contribution in [3.05, 3.63) is 48.5 Å². The van der Waals surface area contributed by atoms with Gasteiger partial charge in [-0.05, 0) is 117 Å². The molecule has 0 aliphatic carbocycles. The monoisotopic (exact) mass is 1230 g/mol. The highest BCUT2D eigenvalue weighted by Gasteiger charge is 2.20. The Labute approximate surface area is 533 Å². The molecule has 0 bridgehead atoms. The summed E-state index contributed by atoms with van der Waals surface area (Å²) in [5.74, 6) is 4.48. The lowest BCUT2D eigenvalue weighted by Gasteiger charge is -2.20. The van der Waals surface area contributed by atoms with E-state index < -0.39 is 0 Å². The Hall–Kier alpha value is -4.30. The molecule has 0 fully saturated rings. The van der Waals surface area contributed by atoms with Crippen LogP contribution in [0.25, 0.3) is 43.1 Å². The molecule has 12 nitrogen and oxygen atoms in total. The van der Waals surface area contributed by atoms with Gasteiger partial charge in [-0.2, -0.15) is 0 Å². The first-order valence-electron chi connectivity index (χ1n) is 35.6. The van der Waals surface area contributed by atoms with Crippen molar-refractivity contribution in [1.29, 1.82) is 0 Å². The van der Waals surface area contributed by atoms with E-state index >= 15 is 0 Å². The average Bonchev–Trinajstić information content (AvgIpc) is 0.833.